The van der Waals surface area contributed by atoms with Gasteiger partial charge in [-0.2, -0.15) is 0 Å². The van der Waals surface area contributed by atoms with Crippen molar-refractivity contribution in [2.45, 2.75) is 173 Å². The number of ether oxygens (including phenoxy) is 4. The number of carboxylic acid groups (broad SMARTS) is 1. The second kappa shape index (κ2) is 43.2. The minimum absolute atomic E-state index is 0.0312. The summed E-state index contributed by atoms with van der Waals surface area (Å²) in [6.07, 6.45) is 9.82. The van der Waals surface area contributed by atoms with Crippen LogP contribution in [0.3, 0.4) is 0 Å². The van der Waals surface area contributed by atoms with Gasteiger partial charge in [-0.1, -0.05) is 153 Å². The Hall–Kier alpha value is -4.91. The van der Waals surface area contributed by atoms with Crippen molar-refractivity contribution in [2.75, 3.05) is 61.2 Å². The van der Waals surface area contributed by atoms with E-state index in [0.717, 1.165) is 38.4 Å². The maximum Gasteiger partial charge on any atom is 0.325 e. The van der Waals surface area contributed by atoms with E-state index in [9.17, 15) is 43.2 Å². The first-order chi connectivity index (χ1) is 34.9. The summed E-state index contributed by atoms with van der Waals surface area (Å²) in [5.41, 5.74) is 2.57. The molecule has 19 heteroatoms. The van der Waals surface area contributed by atoms with Gasteiger partial charge in [-0.25, -0.2) is 0 Å². The van der Waals surface area contributed by atoms with E-state index < -0.39 is 34.2 Å². The van der Waals surface area contributed by atoms with E-state index in [4.69, 9.17) is 10.8 Å². The van der Waals surface area contributed by atoms with Crippen LogP contribution in [0.5, 0.6) is 0 Å². The SMILES string of the molecule is C=CC[C@@](C)(C(=O)NCC(=O)OC)[C@H](C)CC.C=CC[C@@](C)(C(=O)O)C(C)CC.CCC(C)[C@@]1(C)CCN(CC(=O)OC)C1=O.CC[C@@H](C)[C@@](C)(CC=O)C(=O)NCC(=O)OC.CC[SiH](CC)CC.COC(=O)CN. The van der Waals surface area contributed by atoms with Crippen LogP contribution in [0.25, 0.3) is 0 Å². The summed E-state index contributed by atoms with van der Waals surface area (Å²) in [7, 11) is 5.03. The molecule has 0 aromatic heterocycles. The van der Waals surface area contributed by atoms with E-state index in [1.54, 1.807) is 30.9 Å². The third kappa shape index (κ3) is 29.3. The molecule has 0 bridgehead atoms. The van der Waals surface area contributed by atoms with Crippen LogP contribution < -0.4 is 16.4 Å². The molecular formula is C56H106N4O14Si. The number of aliphatic carboxylic acids is 1. The molecule has 0 saturated carbocycles. The number of rotatable bonds is 27. The largest absolute Gasteiger partial charge is 0.481 e. The lowest BCUT2D eigenvalue weighted by Crippen LogP contribution is -2.45. The van der Waals surface area contributed by atoms with Crippen LogP contribution in [0.15, 0.2) is 25.3 Å². The average molecular weight is 1090 g/mol. The quantitative estimate of drug-likeness (QED) is 0.0198. The first-order valence-electron chi connectivity index (χ1n) is 26.7. The molecule has 75 heavy (non-hydrogen) atoms. The zero-order valence-electron chi connectivity index (χ0n) is 50.1. The molecular weight excluding hydrogens is 981 g/mol. The molecule has 1 aliphatic heterocycles. The van der Waals surface area contributed by atoms with E-state index in [1.165, 1.54) is 46.6 Å². The van der Waals surface area contributed by atoms with Crippen molar-refractivity contribution in [3.63, 3.8) is 0 Å². The second-order valence-electron chi connectivity index (χ2n) is 20.0. The van der Waals surface area contributed by atoms with Gasteiger partial charge in [0.05, 0.1) is 56.6 Å². The zero-order valence-corrected chi connectivity index (χ0v) is 51.3. The number of allylic oxidation sites excluding steroid dienone is 2. The summed E-state index contributed by atoms with van der Waals surface area (Å²) < 4.78 is 17.6. The fourth-order valence-corrected chi connectivity index (χ4v) is 9.41. The molecule has 0 radical (unpaired) electrons. The van der Waals surface area contributed by atoms with E-state index in [0.29, 0.717) is 25.3 Å². The second-order valence-corrected chi connectivity index (χ2v) is 24.2. The van der Waals surface area contributed by atoms with Crippen LogP contribution in [0.1, 0.15) is 155 Å². The third-order valence-corrected chi connectivity index (χ3v) is 19.0. The van der Waals surface area contributed by atoms with Gasteiger partial charge in [-0.05, 0) is 49.9 Å². The Labute approximate surface area is 454 Å². The van der Waals surface area contributed by atoms with Crippen LogP contribution in [-0.4, -0.2) is 134 Å². The average Bonchev–Trinajstić information content (AvgIpc) is 3.70. The highest BCUT2D eigenvalue weighted by Gasteiger charge is 2.46. The molecule has 5 N–H and O–H groups in total. The zero-order chi connectivity index (χ0) is 59.8. The number of hydrogen-bond acceptors (Lipinski definition) is 14. The van der Waals surface area contributed by atoms with Gasteiger partial charge in [0.15, 0.2) is 0 Å². The minimum Gasteiger partial charge on any atom is -0.481 e. The molecule has 0 spiro atoms. The van der Waals surface area contributed by atoms with Gasteiger partial charge in [0.1, 0.15) is 25.9 Å². The number of methoxy groups -OCH3 is 4. The van der Waals surface area contributed by atoms with Crippen molar-refractivity contribution in [2.24, 2.45) is 51.1 Å². The highest BCUT2D eigenvalue weighted by molar-refractivity contribution is 6.58. The van der Waals surface area contributed by atoms with Gasteiger partial charge >= 0.3 is 29.8 Å². The number of nitrogens with zero attached hydrogens (tertiary/aromatic N) is 1. The van der Waals surface area contributed by atoms with E-state index in [1.807, 2.05) is 55.4 Å². The number of carbonyl (C=O) groups is 9. The fraction of sp³-hybridized carbons (Fsp3) is 0.768. The molecule has 2 unspecified atom stereocenters. The Morgan fingerprint density at radius 2 is 1.03 bits per heavy atom. The molecule has 1 heterocycles. The Kier molecular flexibility index (Phi) is 45.5. The highest BCUT2D eigenvalue weighted by atomic mass is 28.3. The standard InChI is InChI=1S/C13H23NO3.C12H21NO4.C12H21NO3.C10H18O2.C6H16Si.C3H7NO2/c1-6-8-13(4,10(3)7-2)12(16)14-9-11(15)17-5;1-5-9(2)12(3,6-7-14)11(16)13-8-10(15)17-4;1-5-9(2)12(3)6-7-13(11(12)15)8-10(14)16-4;1-5-7-10(4,9(11)12)8(3)6-2;1-4-7(5-2)6-3;1-6-3(5)2-4/h6,10H,1,7-9H2,2-5H3,(H,14,16);7,9H,5-6,8H2,1-4H3,(H,13,16);9H,5-8H2,1-4H3;5,8H,1,6-7H2,2-4H3,(H,11,12);7H,4-6H2,1-3H3;2,4H2,1H3/t10-,13-;9-,12-;9?,12-;8?,10-;;/m1111../s1. The number of carboxylic acids is 1. The number of esters is 4. The fourth-order valence-electron chi connectivity index (χ4n) is 7.68. The summed E-state index contributed by atoms with van der Waals surface area (Å²) in [5, 5.41) is 14.1. The van der Waals surface area contributed by atoms with Gasteiger partial charge in [0, 0.05) is 21.8 Å². The van der Waals surface area contributed by atoms with Crippen molar-refractivity contribution in [1.29, 1.82) is 0 Å². The van der Waals surface area contributed by atoms with Crippen LogP contribution in [-0.2, 0) is 62.1 Å². The molecule has 1 fully saturated rings. The molecule has 0 aromatic rings. The van der Waals surface area contributed by atoms with Gasteiger partial charge in [0.2, 0.25) is 17.7 Å². The Bertz CT molecular complexity index is 1640. The minimum atomic E-state index is -0.773. The Balaban J connectivity index is -0.000000270. The number of amides is 3. The number of hydrogen-bond donors (Lipinski definition) is 4. The molecule has 1 rings (SSSR count). The maximum atomic E-state index is 12.2. The van der Waals surface area contributed by atoms with Crippen LogP contribution in [0, 0.1) is 45.3 Å². The van der Waals surface area contributed by atoms with E-state index in [-0.39, 0.29) is 94.2 Å². The van der Waals surface area contributed by atoms with Gasteiger partial charge in [-0.15, -0.1) is 13.2 Å². The number of likely N-dealkylation sites (tertiary alicyclic amines) is 1. The highest BCUT2D eigenvalue weighted by Crippen LogP contribution is 2.40. The molecule has 0 aromatic carbocycles. The topological polar surface area (TPSA) is 264 Å². The third-order valence-electron chi connectivity index (χ3n) is 15.6. The predicted molar refractivity (Wildman–Crippen MR) is 301 cm³/mol. The summed E-state index contributed by atoms with van der Waals surface area (Å²) in [5.74, 6) is -1.90. The van der Waals surface area contributed by atoms with Crippen molar-refractivity contribution in [3.05, 3.63) is 25.3 Å². The number of nitrogens with one attached hydrogen (secondary N) is 2. The van der Waals surface area contributed by atoms with Gasteiger partial charge in [0.25, 0.3) is 0 Å². The molecule has 18 nitrogen and oxygen atoms in total. The molecule has 0 aliphatic carbocycles. The lowest BCUT2D eigenvalue weighted by molar-refractivity contribution is -0.151. The van der Waals surface area contributed by atoms with Crippen molar-refractivity contribution in [1.82, 2.24) is 15.5 Å². The summed E-state index contributed by atoms with van der Waals surface area (Å²) in [4.78, 5) is 102. The molecule has 3 amide bonds. The van der Waals surface area contributed by atoms with Gasteiger partial charge < -0.3 is 50.1 Å². The van der Waals surface area contributed by atoms with Crippen LogP contribution >= 0.6 is 0 Å². The summed E-state index contributed by atoms with van der Waals surface area (Å²) in [6, 6.07) is 4.48. The van der Waals surface area contributed by atoms with E-state index >= 15 is 0 Å². The van der Waals surface area contributed by atoms with Crippen LogP contribution in [0.4, 0.5) is 0 Å². The normalized spacial score (nSPS) is 17.2. The van der Waals surface area contributed by atoms with Gasteiger partial charge in [-0.3, -0.25) is 38.4 Å². The smallest absolute Gasteiger partial charge is 0.325 e. The maximum absolute atomic E-state index is 12.2. The number of carbonyl (C=O) groups excluding carboxylic acids is 8. The Morgan fingerprint density at radius 1 is 0.667 bits per heavy atom. The lowest BCUT2D eigenvalue weighted by Gasteiger charge is -2.32. The van der Waals surface area contributed by atoms with Crippen molar-refractivity contribution < 1.29 is 67.2 Å². The van der Waals surface area contributed by atoms with Crippen LogP contribution in [0.2, 0.25) is 18.1 Å². The monoisotopic (exact) mass is 1090 g/mol. The number of aldehydes is 1. The van der Waals surface area contributed by atoms with Crippen molar-refractivity contribution in [3.8, 4) is 0 Å². The number of nitrogens with two attached hydrogens (primary N) is 1. The summed E-state index contributed by atoms with van der Waals surface area (Å²) in [6.45, 7) is 38.2. The summed E-state index contributed by atoms with van der Waals surface area (Å²) >= 11 is 0. The van der Waals surface area contributed by atoms with Crippen molar-refractivity contribution >= 4 is 62.7 Å². The Morgan fingerprint density at radius 3 is 1.29 bits per heavy atom. The molecule has 1 aliphatic rings. The van der Waals surface area contributed by atoms with E-state index in [2.05, 4.69) is 77.4 Å². The first kappa shape index (κ1) is 79.0. The molecule has 1 saturated heterocycles. The molecule has 8 atom stereocenters. The lowest BCUT2D eigenvalue weighted by atomic mass is 9.73. The predicted octanol–water partition coefficient (Wildman–Crippen LogP) is 8.36. The first-order valence-corrected chi connectivity index (χ1v) is 29.1. The molecule has 438 valence electrons.